The molecule has 0 radical (unpaired) electrons. The molecule has 0 unspecified atom stereocenters. The smallest absolute Gasteiger partial charge is 0.339 e. The molecule has 2 aromatic heterocycles. The van der Waals surface area contributed by atoms with Crippen LogP contribution in [0.2, 0.25) is 0 Å². The van der Waals surface area contributed by atoms with Crippen LogP contribution in [0.3, 0.4) is 0 Å². The molecule has 21 heavy (non-hydrogen) atoms. The lowest BCUT2D eigenvalue weighted by Crippen LogP contribution is -2.04. The van der Waals surface area contributed by atoms with E-state index in [4.69, 9.17) is 0 Å². The molecular formula is C16H13N3O2. The van der Waals surface area contributed by atoms with E-state index in [9.17, 15) is 9.90 Å². The van der Waals surface area contributed by atoms with Crippen molar-refractivity contribution in [1.29, 1.82) is 0 Å². The van der Waals surface area contributed by atoms with E-state index in [-0.39, 0.29) is 5.56 Å². The zero-order valence-electron chi connectivity index (χ0n) is 11.4. The van der Waals surface area contributed by atoms with Crippen molar-refractivity contribution < 1.29 is 9.90 Å². The zero-order chi connectivity index (χ0) is 14.8. The highest BCUT2D eigenvalue weighted by molar-refractivity contribution is 5.95. The van der Waals surface area contributed by atoms with Gasteiger partial charge in [0.25, 0.3) is 0 Å². The number of aromatic nitrogens is 2. The summed E-state index contributed by atoms with van der Waals surface area (Å²) in [5.74, 6) is -1.01. The number of aromatic carboxylic acids is 1. The summed E-state index contributed by atoms with van der Waals surface area (Å²) in [4.78, 5) is 19.5. The van der Waals surface area contributed by atoms with E-state index in [2.05, 4.69) is 15.3 Å². The average Bonchev–Trinajstić information content (AvgIpc) is 2.47. The van der Waals surface area contributed by atoms with Crippen LogP contribution >= 0.6 is 0 Å². The predicted octanol–water partition coefficient (Wildman–Crippen LogP) is 3.38. The number of hydrogen-bond donors (Lipinski definition) is 2. The molecule has 0 bridgehead atoms. The van der Waals surface area contributed by atoms with Crippen LogP contribution in [0.25, 0.3) is 10.9 Å². The summed E-state index contributed by atoms with van der Waals surface area (Å²) >= 11 is 0. The summed E-state index contributed by atoms with van der Waals surface area (Å²) in [5, 5.41) is 13.3. The summed E-state index contributed by atoms with van der Waals surface area (Å²) in [5.41, 5.74) is 3.13. The summed E-state index contributed by atoms with van der Waals surface area (Å²) in [6.45, 7) is 1.82. The Morgan fingerprint density at radius 1 is 1.19 bits per heavy atom. The number of aryl methyl sites for hydroxylation is 1. The Balaban J connectivity index is 2.02. The third-order valence-corrected chi connectivity index (χ3v) is 3.15. The van der Waals surface area contributed by atoms with Gasteiger partial charge in [0.2, 0.25) is 0 Å². The zero-order valence-corrected chi connectivity index (χ0v) is 11.4. The maximum absolute atomic E-state index is 11.2. The third-order valence-electron chi connectivity index (χ3n) is 3.15. The Hall–Kier alpha value is -2.95. The fourth-order valence-corrected chi connectivity index (χ4v) is 2.14. The van der Waals surface area contributed by atoms with Gasteiger partial charge in [-0.1, -0.05) is 6.07 Å². The van der Waals surface area contributed by atoms with Gasteiger partial charge in [-0.25, -0.2) is 4.79 Å². The summed E-state index contributed by atoms with van der Waals surface area (Å²) in [6.07, 6.45) is 3.10. The molecule has 0 saturated heterocycles. The number of fused-ring (bicyclic) bond motifs is 1. The van der Waals surface area contributed by atoms with E-state index >= 15 is 0 Å². The Kier molecular flexibility index (Phi) is 3.23. The maximum atomic E-state index is 11.2. The van der Waals surface area contributed by atoms with Gasteiger partial charge in [-0.05, 0) is 37.3 Å². The van der Waals surface area contributed by atoms with Crippen molar-refractivity contribution in [2.45, 2.75) is 6.92 Å². The van der Waals surface area contributed by atoms with E-state index in [0.717, 1.165) is 22.3 Å². The van der Waals surface area contributed by atoms with Gasteiger partial charge in [-0.2, -0.15) is 0 Å². The number of pyridine rings is 2. The van der Waals surface area contributed by atoms with Crippen molar-refractivity contribution in [3.8, 4) is 0 Å². The fourth-order valence-electron chi connectivity index (χ4n) is 2.14. The van der Waals surface area contributed by atoms with Crippen molar-refractivity contribution in [1.82, 2.24) is 9.97 Å². The van der Waals surface area contributed by atoms with Crippen molar-refractivity contribution in [2.75, 3.05) is 5.32 Å². The molecule has 0 saturated carbocycles. The first-order valence-electron chi connectivity index (χ1n) is 6.45. The summed E-state index contributed by atoms with van der Waals surface area (Å²) < 4.78 is 0. The normalized spacial score (nSPS) is 10.5. The molecule has 0 aliphatic heterocycles. The molecule has 104 valence electrons. The second kappa shape index (κ2) is 5.20. The molecule has 5 nitrogen and oxygen atoms in total. The first-order valence-corrected chi connectivity index (χ1v) is 6.45. The Labute approximate surface area is 121 Å². The lowest BCUT2D eigenvalue weighted by atomic mass is 10.1. The molecule has 2 heterocycles. The van der Waals surface area contributed by atoms with Crippen LogP contribution in [0.5, 0.6) is 0 Å². The van der Waals surface area contributed by atoms with E-state index in [1.54, 1.807) is 12.3 Å². The monoisotopic (exact) mass is 279 g/mol. The third kappa shape index (κ3) is 2.67. The number of anilines is 2. The first-order chi connectivity index (χ1) is 10.1. The van der Waals surface area contributed by atoms with Crippen LogP contribution < -0.4 is 5.32 Å². The number of hydrogen-bond acceptors (Lipinski definition) is 4. The van der Waals surface area contributed by atoms with Gasteiger partial charge in [0.05, 0.1) is 11.2 Å². The molecule has 1 aromatic carbocycles. The second-order valence-corrected chi connectivity index (χ2v) is 4.71. The number of nitrogens with zero attached hydrogens (tertiary/aromatic N) is 2. The van der Waals surface area contributed by atoms with E-state index in [0.29, 0.717) is 5.69 Å². The molecule has 3 aromatic rings. The lowest BCUT2D eigenvalue weighted by Gasteiger charge is -2.10. The maximum Gasteiger partial charge on any atom is 0.339 e. The van der Waals surface area contributed by atoms with Crippen LogP contribution in [0, 0.1) is 6.92 Å². The van der Waals surface area contributed by atoms with E-state index < -0.39 is 5.97 Å². The predicted molar refractivity (Wildman–Crippen MR) is 81.0 cm³/mol. The van der Waals surface area contributed by atoms with Crippen molar-refractivity contribution in [3.63, 3.8) is 0 Å². The van der Waals surface area contributed by atoms with Crippen LogP contribution in [0.15, 0.2) is 48.8 Å². The minimum atomic E-state index is -1.01. The highest BCUT2D eigenvalue weighted by Gasteiger charge is 2.11. The SMILES string of the molecule is Cc1cc(Nc2ccc3ncccc3c2)c(C(=O)O)cn1. The summed E-state index contributed by atoms with van der Waals surface area (Å²) in [6, 6.07) is 11.2. The van der Waals surface area contributed by atoms with Crippen LogP contribution in [0.4, 0.5) is 11.4 Å². The largest absolute Gasteiger partial charge is 0.478 e. The molecule has 0 amide bonds. The minimum absolute atomic E-state index is 0.145. The molecular weight excluding hydrogens is 266 g/mol. The van der Waals surface area contributed by atoms with Crippen LogP contribution in [0.1, 0.15) is 16.1 Å². The quantitative estimate of drug-likeness (QED) is 0.768. The van der Waals surface area contributed by atoms with Gasteiger partial charge >= 0.3 is 5.97 Å². The van der Waals surface area contributed by atoms with Gasteiger partial charge in [-0.15, -0.1) is 0 Å². The molecule has 0 aliphatic rings. The molecule has 0 atom stereocenters. The first kappa shape index (κ1) is 13.1. The number of benzene rings is 1. The van der Waals surface area contributed by atoms with E-state index in [1.165, 1.54) is 6.20 Å². The van der Waals surface area contributed by atoms with Gasteiger partial charge in [-0.3, -0.25) is 9.97 Å². The highest BCUT2D eigenvalue weighted by Crippen LogP contribution is 2.24. The average molecular weight is 279 g/mol. The molecule has 5 heteroatoms. The Morgan fingerprint density at radius 2 is 2.05 bits per heavy atom. The lowest BCUT2D eigenvalue weighted by molar-refractivity contribution is 0.0697. The second-order valence-electron chi connectivity index (χ2n) is 4.71. The van der Waals surface area contributed by atoms with Crippen LogP contribution in [-0.4, -0.2) is 21.0 Å². The van der Waals surface area contributed by atoms with Gasteiger partial charge in [0, 0.05) is 29.2 Å². The Bertz CT molecular complexity index is 831. The highest BCUT2D eigenvalue weighted by atomic mass is 16.4. The van der Waals surface area contributed by atoms with E-state index in [1.807, 2.05) is 37.3 Å². The minimum Gasteiger partial charge on any atom is -0.478 e. The molecule has 0 fully saturated rings. The topological polar surface area (TPSA) is 75.1 Å². The molecule has 0 spiro atoms. The van der Waals surface area contributed by atoms with Crippen molar-refractivity contribution in [3.05, 3.63) is 60.0 Å². The van der Waals surface area contributed by atoms with Crippen molar-refractivity contribution in [2.24, 2.45) is 0 Å². The number of carboxylic acid groups (broad SMARTS) is 1. The number of carbonyl (C=O) groups is 1. The standard InChI is InChI=1S/C16H13N3O2/c1-10-7-15(13(9-18-10)16(20)21)19-12-4-5-14-11(8-12)3-2-6-17-14/h2-9H,1H3,(H,18,19)(H,20,21). The van der Waals surface area contributed by atoms with Crippen LogP contribution in [-0.2, 0) is 0 Å². The fraction of sp³-hybridized carbons (Fsp3) is 0.0625. The van der Waals surface area contributed by atoms with Gasteiger partial charge in [0.1, 0.15) is 5.56 Å². The molecule has 3 rings (SSSR count). The number of rotatable bonds is 3. The summed E-state index contributed by atoms with van der Waals surface area (Å²) in [7, 11) is 0. The number of carboxylic acids is 1. The molecule has 0 aliphatic carbocycles. The Morgan fingerprint density at radius 3 is 2.86 bits per heavy atom. The van der Waals surface area contributed by atoms with Gasteiger partial charge < -0.3 is 10.4 Å². The van der Waals surface area contributed by atoms with Gasteiger partial charge in [0.15, 0.2) is 0 Å². The number of nitrogens with one attached hydrogen (secondary N) is 1. The molecule has 2 N–H and O–H groups in total. The van der Waals surface area contributed by atoms with Crippen molar-refractivity contribution >= 4 is 28.2 Å².